The third-order valence-corrected chi connectivity index (χ3v) is 4.62. The van der Waals surface area contributed by atoms with E-state index in [0.29, 0.717) is 32.1 Å². The minimum Gasteiger partial charge on any atom is -0.486 e. The summed E-state index contributed by atoms with van der Waals surface area (Å²) in [5.74, 6) is 2.82. The lowest BCUT2D eigenvalue weighted by Crippen LogP contribution is -2.48. The van der Waals surface area contributed by atoms with Gasteiger partial charge in [0, 0.05) is 32.7 Å². The quantitative estimate of drug-likeness (QED) is 0.857. The van der Waals surface area contributed by atoms with Gasteiger partial charge in [0.15, 0.2) is 17.3 Å². The number of benzene rings is 1. The van der Waals surface area contributed by atoms with Gasteiger partial charge in [-0.1, -0.05) is 6.07 Å². The lowest BCUT2D eigenvalue weighted by Gasteiger charge is -2.34. The van der Waals surface area contributed by atoms with Crippen molar-refractivity contribution in [3.05, 3.63) is 47.4 Å². The molecule has 1 amide bonds. The molecule has 25 heavy (non-hydrogen) atoms. The van der Waals surface area contributed by atoms with Crippen molar-refractivity contribution in [3.63, 3.8) is 0 Å². The molecule has 0 spiro atoms. The Kier molecular flexibility index (Phi) is 4.36. The summed E-state index contributed by atoms with van der Waals surface area (Å²) in [5.41, 5.74) is 1.20. The van der Waals surface area contributed by atoms with E-state index in [2.05, 4.69) is 17.0 Å². The first-order chi connectivity index (χ1) is 12.2. The molecular weight excluding hydrogens is 320 g/mol. The van der Waals surface area contributed by atoms with Gasteiger partial charge in [0.05, 0.1) is 0 Å². The molecule has 1 aromatic carbocycles. The van der Waals surface area contributed by atoms with E-state index in [1.165, 1.54) is 5.56 Å². The lowest BCUT2D eigenvalue weighted by atomic mass is 10.1. The van der Waals surface area contributed by atoms with E-state index < -0.39 is 0 Å². The van der Waals surface area contributed by atoms with Crippen molar-refractivity contribution in [2.45, 2.75) is 13.5 Å². The molecule has 0 N–H and O–H groups in total. The lowest BCUT2D eigenvalue weighted by molar-refractivity contribution is 0.0596. The molecule has 1 saturated heterocycles. The van der Waals surface area contributed by atoms with Crippen LogP contribution in [0.25, 0.3) is 0 Å². The minimum atomic E-state index is -0.0212. The highest BCUT2D eigenvalue weighted by atomic mass is 16.6. The van der Waals surface area contributed by atoms with Gasteiger partial charge in [-0.15, -0.1) is 0 Å². The van der Waals surface area contributed by atoms with Crippen molar-refractivity contribution < 1.29 is 18.7 Å². The first kappa shape index (κ1) is 16.0. The van der Waals surface area contributed by atoms with Crippen LogP contribution in [0.5, 0.6) is 11.5 Å². The summed E-state index contributed by atoms with van der Waals surface area (Å²) < 4.78 is 16.7. The molecule has 4 rings (SSSR count). The Bertz CT molecular complexity index is 763. The summed E-state index contributed by atoms with van der Waals surface area (Å²) in [6, 6.07) is 9.68. The Balaban J connectivity index is 1.34. The van der Waals surface area contributed by atoms with E-state index in [4.69, 9.17) is 13.9 Å². The first-order valence-electron chi connectivity index (χ1n) is 8.65. The highest BCUT2D eigenvalue weighted by Crippen LogP contribution is 2.31. The predicted molar refractivity (Wildman–Crippen MR) is 92.1 cm³/mol. The van der Waals surface area contributed by atoms with Crippen LogP contribution in [0.1, 0.15) is 21.9 Å². The standard InChI is InChI=1S/C19H22N2O4/c1-14-2-4-17(25-14)19(22)21-8-6-20(7-9-21)13-15-3-5-16-18(12-15)24-11-10-23-16/h2-5,12H,6-11,13H2,1H3. The summed E-state index contributed by atoms with van der Waals surface area (Å²) in [7, 11) is 0. The minimum absolute atomic E-state index is 0.0212. The van der Waals surface area contributed by atoms with E-state index >= 15 is 0 Å². The Hall–Kier alpha value is -2.47. The van der Waals surface area contributed by atoms with Gasteiger partial charge in [0.1, 0.15) is 19.0 Å². The van der Waals surface area contributed by atoms with E-state index in [0.717, 1.165) is 36.9 Å². The van der Waals surface area contributed by atoms with Crippen LogP contribution in [0.3, 0.4) is 0 Å². The number of furan rings is 1. The first-order valence-corrected chi connectivity index (χ1v) is 8.65. The fraction of sp³-hybridized carbons (Fsp3) is 0.421. The Morgan fingerprint density at radius 3 is 2.48 bits per heavy atom. The number of ether oxygens (including phenoxy) is 2. The van der Waals surface area contributed by atoms with Crippen molar-refractivity contribution >= 4 is 5.91 Å². The number of aryl methyl sites for hydroxylation is 1. The molecule has 2 aromatic rings. The van der Waals surface area contributed by atoms with Crippen LogP contribution in [0.2, 0.25) is 0 Å². The number of rotatable bonds is 3. The molecule has 2 aliphatic rings. The molecule has 0 saturated carbocycles. The van der Waals surface area contributed by atoms with Crippen LogP contribution in [0.15, 0.2) is 34.7 Å². The Morgan fingerprint density at radius 1 is 1.00 bits per heavy atom. The van der Waals surface area contributed by atoms with Gasteiger partial charge >= 0.3 is 0 Å². The number of carbonyl (C=O) groups excluding carboxylic acids is 1. The zero-order valence-corrected chi connectivity index (χ0v) is 14.4. The number of hydrogen-bond donors (Lipinski definition) is 0. The van der Waals surface area contributed by atoms with Gasteiger partial charge in [0.25, 0.3) is 5.91 Å². The number of carbonyl (C=O) groups is 1. The van der Waals surface area contributed by atoms with Gasteiger partial charge in [-0.3, -0.25) is 9.69 Å². The Morgan fingerprint density at radius 2 is 1.76 bits per heavy atom. The van der Waals surface area contributed by atoms with Gasteiger partial charge in [-0.25, -0.2) is 0 Å². The molecule has 0 bridgehead atoms. The number of fused-ring (bicyclic) bond motifs is 1. The number of amides is 1. The van der Waals surface area contributed by atoms with Crippen molar-refractivity contribution in [2.75, 3.05) is 39.4 Å². The molecule has 0 radical (unpaired) electrons. The normalized spacial score (nSPS) is 17.6. The topological polar surface area (TPSA) is 55.2 Å². The van der Waals surface area contributed by atoms with Crippen LogP contribution in [0.4, 0.5) is 0 Å². The maximum atomic E-state index is 12.4. The SMILES string of the molecule is Cc1ccc(C(=O)N2CCN(Cc3ccc4c(c3)OCCO4)CC2)o1. The highest BCUT2D eigenvalue weighted by Gasteiger charge is 2.24. The summed E-state index contributed by atoms with van der Waals surface area (Å²) in [5, 5.41) is 0. The second kappa shape index (κ2) is 6.80. The summed E-state index contributed by atoms with van der Waals surface area (Å²) in [4.78, 5) is 16.6. The maximum Gasteiger partial charge on any atom is 0.289 e. The summed E-state index contributed by atoms with van der Waals surface area (Å²) in [6.45, 7) is 7.02. The average Bonchev–Trinajstić information content (AvgIpc) is 3.08. The Labute approximate surface area is 146 Å². The molecule has 0 atom stereocenters. The molecule has 6 nitrogen and oxygen atoms in total. The molecule has 1 aromatic heterocycles. The fourth-order valence-corrected chi connectivity index (χ4v) is 3.26. The third kappa shape index (κ3) is 3.49. The second-order valence-electron chi connectivity index (χ2n) is 6.46. The second-order valence-corrected chi connectivity index (χ2v) is 6.46. The van der Waals surface area contributed by atoms with E-state index in [9.17, 15) is 4.79 Å². The van der Waals surface area contributed by atoms with Crippen LogP contribution in [-0.2, 0) is 6.54 Å². The molecule has 0 aliphatic carbocycles. The van der Waals surface area contributed by atoms with Gasteiger partial charge in [-0.2, -0.15) is 0 Å². The third-order valence-electron chi connectivity index (χ3n) is 4.62. The highest BCUT2D eigenvalue weighted by molar-refractivity contribution is 5.91. The number of nitrogens with zero attached hydrogens (tertiary/aromatic N) is 2. The maximum absolute atomic E-state index is 12.4. The molecule has 2 aliphatic heterocycles. The van der Waals surface area contributed by atoms with Crippen LogP contribution in [0, 0.1) is 6.92 Å². The molecular formula is C19H22N2O4. The van der Waals surface area contributed by atoms with Crippen molar-refractivity contribution in [3.8, 4) is 11.5 Å². The van der Waals surface area contributed by atoms with Gasteiger partial charge < -0.3 is 18.8 Å². The largest absolute Gasteiger partial charge is 0.486 e. The number of piperazine rings is 1. The molecule has 0 unspecified atom stereocenters. The van der Waals surface area contributed by atoms with E-state index in [-0.39, 0.29) is 5.91 Å². The van der Waals surface area contributed by atoms with E-state index in [1.807, 2.05) is 24.0 Å². The average molecular weight is 342 g/mol. The van der Waals surface area contributed by atoms with Crippen molar-refractivity contribution in [1.29, 1.82) is 0 Å². The molecule has 6 heteroatoms. The fourth-order valence-electron chi connectivity index (χ4n) is 3.26. The molecule has 1 fully saturated rings. The molecule has 3 heterocycles. The van der Waals surface area contributed by atoms with Crippen LogP contribution >= 0.6 is 0 Å². The van der Waals surface area contributed by atoms with Crippen molar-refractivity contribution in [2.24, 2.45) is 0 Å². The smallest absolute Gasteiger partial charge is 0.289 e. The summed E-state index contributed by atoms with van der Waals surface area (Å²) >= 11 is 0. The summed E-state index contributed by atoms with van der Waals surface area (Å²) in [6.07, 6.45) is 0. The van der Waals surface area contributed by atoms with E-state index in [1.54, 1.807) is 6.07 Å². The number of hydrogen-bond acceptors (Lipinski definition) is 5. The van der Waals surface area contributed by atoms with Crippen LogP contribution < -0.4 is 9.47 Å². The van der Waals surface area contributed by atoms with Crippen molar-refractivity contribution in [1.82, 2.24) is 9.80 Å². The van der Waals surface area contributed by atoms with Gasteiger partial charge in [-0.05, 0) is 36.8 Å². The monoisotopic (exact) mass is 342 g/mol. The molecule has 132 valence electrons. The predicted octanol–water partition coefficient (Wildman–Crippen LogP) is 2.32. The van der Waals surface area contributed by atoms with Crippen LogP contribution in [-0.4, -0.2) is 55.1 Å². The van der Waals surface area contributed by atoms with Gasteiger partial charge in [0.2, 0.25) is 0 Å². The zero-order chi connectivity index (χ0) is 17.2. The zero-order valence-electron chi connectivity index (χ0n) is 14.4.